The fourth-order valence-electron chi connectivity index (χ4n) is 3.02. The lowest BCUT2D eigenvalue weighted by Crippen LogP contribution is -2.29. The topological polar surface area (TPSA) is 75.2 Å². The van der Waals surface area contributed by atoms with E-state index in [0.717, 1.165) is 12.8 Å². The Morgan fingerprint density at radius 1 is 1.22 bits per heavy atom. The molecule has 1 aliphatic rings. The fraction of sp³-hybridized carbons (Fsp3) is 0.222. The summed E-state index contributed by atoms with van der Waals surface area (Å²) in [5.74, 6) is -0.331. The highest BCUT2D eigenvalue weighted by Gasteiger charge is 2.34. The van der Waals surface area contributed by atoms with Crippen LogP contribution in [0.25, 0.3) is 0 Å². The van der Waals surface area contributed by atoms with E-state index in [0.29, 0.717) is 27.1 Å². The summed E-state index contributed by atoms with van der Waals surface area (Å²) >= 11 is 8.59. The van der Waals surface area contributed by atoms with E-state index in [1.807, 2.05) is 22.4 Å². The van der Waals surface area contributed by atoms with Crippen LogP contribution in [-0.4, -0.2) is 33.5 Å². The second-order valence-electron chi connectivity index (χ2n) is 6.04. The van der Waals surface area contributed by atoms with E-state index in [1.165, 1.54) is 22.7 Å². The van der Waals surface area contributed by atoms with Gasteiger partial charge < -0.3 is 10.2 Å². The van der Waals surface area contributed by atoms with E-state index in [9.17, 15) is 9.59 Å². The molecule has 0 saturated carbocycles. The Hall–Kier alpha value is -2.29. The van der Waals surface area contributed by atoms with Crippen molar-refractivity contribution >= 4 is 51.8 Å². The zero-order valence-electron chi connectivity index (χ0n) is 14.1. The second-order valence-corrected chi connectivity index (χ2v) is 8.44. The maximum absolute atomic E-state index is 12.7. The van der Waals surface area contributed by atoms with Gasteiger partial charge in [-0.05, 0) is 42.5 Å². The highest BCUT2D eigenvalue weighted by Crippen LogP contribution is 2.35. The number of benzene rings is 1. The van der Waals surface area contributed by atoms with E-state index >= 15 is 0 Å². The summed E-state index contributed by atoms with van der Waals surface area (Å²) in [7, 11) is 0. The van der Waals surface area contributed by atoms with Gasteiger partial charge in [0.05, 0.1) is 10.9 Å². The molecule has 1 saturated heterocycles. The van der Waals surface area contributed by atoms with Crippen molar-refractivity contribution in [2.45, 2.75) is 18.9 Å². The number of nitrogens with one attached hydrogen (secondary N) is 1. The molecule has 138 valence electrons. The van der Waals surface area contributed by atoms with Crippen molar-refractivity contribution in [3.8, 4) is 0 Å². The van der Waals surface area contributed by atoms with Crippen molar-refractivity contribution in [3.63, 3.8) is 0 Å². The van der Waals surface area contributed by atoms with Gasteiger partial charge in [-0.1, -0.05) is 35.1 Å². The molecule has 0 bridgehead atoms. The van der Waals surface area contributed by atoms with Gasteiger partial charge in [-0.25, -0.2) is 0 Å². The number of aromatic nitrogens is 2. The summed E-state index contributed by atoms with van der Waals surface area (Å²) < 4.78 is 0. The van der Waals surface area contributed by atoms with Crippen LogP contribution >= 0.6 is 34.3 Å². The van der Waals surface area contributed by atoms with E-state index < -0.39 is 0 Å². The molecule has 1 N–H and O–H groups in total. The summed E-state index contributed by atoms with van der Waals surface area (Å²) in [5, 5.41) is 14.4. The third-order valence-corrected chi connectivity index (χ3v) is 6.36. The molecule has 0 aliphatic carbocycles. The van der Waals surface area contributed by atoms with Gasteiger partial charge in [0, 0.05) is 17.3 Å². The molecule has 0 spiro atoms. The molecule has 1 aliphatic heterocycles. The molecule has 1 fully saturated rings. The molecule has 3 aromatic rings. The third-order valence-electron chi connectivity index (χ3n) is 4.25. The minimum atomic E-state index is -0.338. The molecule has 0 radical (unpaired) electrons. The number of carbonyl (C=O) groups excluding carboxylic acids is 2. The van der Waals surface area contributed by atoms with Crippen LogP contribution in [-0.2, 0) is 0 Å². The Labute approximate surface area is 168 Å². The molecular weight excluding hydrogens is 404 g/mol. The van der Waals surface area contributed by atoms with E-state index in [-0.39, 0.29) is 22.9 Å². The molecule has 2 amide bonds. The lowest BCUT2D eigenvalue weighted by molar-refractivity contribution is 0.0740. The first-order valence-electron chi connectivity index (χ1n) is 8.36. The zero-order valence-corrected chi connectivity index (χ0v) is 16.5. The number of nitrogens with zero attached hydrogens (tertiary/aromatic N) is 3. The van der Waals surface area contributed by atoms with Gasteiger partial charge in [0.25, 0.3) is 11.8 Å². The number of anilines is 1. The number of amides is 2. The van der Waals surface area contributed by atoms with Crippen molar-refractivity contribution in [1.29, 1.82) is 0 Å². The van der Waals surface area contributed by atoms with Gasteiger partial charge in [-0.3, -0.25) is 9.59 Å². The van der Waals surface area contributed by atoms with Gasteiger partial charge >= 0.3 is 0 Å². The molecule has 6 nitrogen and oxygen atoms in total. The molecule has 27 heavy (non-hydrogen) atoms. The smallest absolute Gasteiger partial charge is 0.286 e. The fourth-order valence-corrected chi connectivity index (χ4v) is 4.78. The Morgan fingerprint density at radius 3 is 2.89 bits per heavy atom. The van der Waals surface area contributed by atoms with E-state index in [2.05, 4.69) is 15.5 Å². The Balaban J connectivity index is 1.49. The molecular formula is C18H15ClN4O2S2. The van der Waals surface area contributed by atoms with Crippen LogP contribution in [0.1, 0.15) is 43.4 Å². The summed E-state index contributed by atoms with van der Waals surface area (Å²) in [5.41, 5.74) is 0.597. The summed E-state index contributed by atoms with van der Waals surface area (Å²) in [6.45, 7) is 0.686. The molecule has 9 heteroatoms. The van der Waals surface area contributed by atoms with Crippen LogP contribution in [0.4, 0.5) is 5.69 Å². The number of hydrogen-bond donors (Lipinski definition) is 1. The largest absolute Gasteiger partial charge is 0.328 e. The lowest BCUT2D eigenvalue weighted by atomic mass is 10.2. The van der Waals surface area contributed by atoms with Crippen molar-refractivity contribution in [1.82, 2.24) is 15.1 Å². The number of carbonyl (C=O) groups is 2. The van der Waals surface area contributed by atoms with E-state index in [1.54, 1.807) is 24.3 Å². The minimum absolute atomic E-state index is 0.00706. The average molecular weight is 419 g/mol. The van der Waals surface area contributed by atoms with Crippen molar-refractivity contribution < 1.29 is 9.59 Å². The van der Waals surface area contributed by atoms with Crippen LogP contribution in [0.3, 0.4) is 0 Å². The molecule has 4 rings (SSSR count). The minimum Gasteiger partial charge on any atom is -0.328 e. The maximum Gasteiger partial charge on any atom is 0.286 e. The number of hydrogen-bond acceptors (Lipinski definition) is 6. The van der Waals surface area contributed by atoms with Crippen LogP contribution < -0.4 is 5.32 Å². The highest BCUT2D eigenvalue weighted by atomic mass is 35.5. The van der Waals surface area contributed by atoms with Crippen LogP contribution in [0.15, 0.2) is 41.8 Å². The number of thiophene rings is 1. The van der Waals surface area contributed by atoms with E-state index in [4.69, 9.17) is 11.6 Å². The Kier molecular flexibility index (Phi) is 5.20. The maximum atomic E-state index is 12.7. The molecule has 1 atom stereocenters. The molecule has 3 heterocycles. The van der Waals surface area contributed by atoms with Gasteiger partial charge in [-0.2, -0.15) is 0 Å². The second kappa shape index (κ2) is 7.75. The Bertz CT molecular complexity index is 973. The summed E-state index contributed by atoms with van der Waals surface area (Å²) in [6, 6.07) is 10.5. The van der Waals surface area contributed by atoms with Gasteiger partial charge in [-0.15, -0.1) is 21.5 Å². The zero-order chi connectivity index (χ0) is 18.8. The highest BCUT2D eigenvalue weighted by molar-refractivity contribution is 7.13. The molecule has 1 unspecified atom stereocenters. The normalized spacial score (nSPS) is 16.5. The predicted molar refractivity (Wildman–Crippen MR) is 107 cm³/mol. The number of rotatable bonds is 4. The first-order chi connectivity index (χ1) is 13.1. The van der Waals surface area contributed by atoms with Crippen molar-refractivity contribution in [2.75, 3.05) is 11.9 Å². The molecule has 2 aromatic heterocycles. The standard InChI is InChI=1S/C18H15ClN4O2S2/c19-11-4-1-5-12(10-11)20-15(24)17-22-21-16(27-17)13-6-2-8-23(13)18(25)14-7-3-9-26-14/h1,3-5,7,9-10,13H,2,6,8H2,(H,20,24). The van der Waals surface area contributed by atoms with Gasteiger partial charge in [0.1, 0.15) is 5.01 Å². The van der Waals surface area contributed by atoms with Gasteiger partial charge in [0.2, 0.25) is 5.01 Å². The summed E-state index contributed by atoms with van der Waals surface area (Å²) in [6.07, 6.45) is 1.73. The predicted octanol–water partition coefficient (Wildman–Crippen LogP) is 4.48. The van der Waals surface area contributed by atoms with Crippen molar-refractivity contribution in [3.05, 3.63) is 61.7 Å². The lowest BCUT2D eigenvalue weighted by Gasteiger charge is -2.21. The monoisotopic (exact) mass is 418 g/mol. The van der Waals surface area contributed by atoms with Crippen LogP contribution in [0, 0.1) is 0 Å². The molecule has 1 aromatic carbocycles. The third kappa shape index (κ3) is 3.87. The number of likely N-dealkylation sites (tertiary alicyclic amines) is 1. The van der Waals surface area contributed by atoms with Crippen LogP contribution in [0.5, 0.6) is 0 Å². The quantitative estimate of drug-likeness (QED) is 0.677. The van der Waals surface area contributed by atoms with Gasteiger partial charge in [0.15, 0.2) is 0 Å². The first kappa shape index (κ1) is 18.1. The SMILES string of the molecule is O=C(Nc1cccc(Cl)c1)c1nnc(C2CCCN2C(=O)c2cccs2)s1. The van der Waals surface area contributed by atoms with Crippen molar-refractivity contribution in [2.24, 2.45) is 0 Å². The van der Waals surface area contributed by atoms with Crippen LogP contribution in [0.2, 0.25) is 5.02 Å². The Morgan fingerprint density at radius 2 is 2.11 bits per heavy atom. The summed E-state index contributed by atoms with van der Waals surface area (Å²) in [4.78, 5) is 27.7. The number of halogens is 1. The average Bonchev–Trinajstić information content (AvgIpc) is 3.41. The first-order valence-corrected chi connectivity index (χ1v) is 10.4.